The second-order valence-electron chi connectivity index (χ2n) is 6.64. The van der Waals surface area contributed by atoms with Gasteiger partial charge in [0.2, 0.25) is 15.9 Å². The van der Waals surface area contributed by atoms with Gasteiger partial charge in [-0.05, 0) is 44.0 Å². The number of carbonyl (C=O) groups excluding carboxylic acids is 1. The van der Waals surface area contributed by atoms with Gasteiger partial charge in [-0.1, -0.05) is 6.07 Å². The van der Waals surface area contributed by atoms with Gasteiger partial charge in [0.25, 0.3) is 0 Å². The molecule has 2 heterocycles. The van der Waals surface area contributed by atoms with Crippen LogP contribution in [0.5, 0.6) is 0 Å². The molecule has 8 heteroatoms. The molecule has 0 radical (unpaired) electrons. The number of pyridine rings is 1. The van der Waals surface area contributed by atoms with E-state index in [1.165, 1.54) is 4.31 Å². The van der Waals surface area contributed by atoms with Crippen LogP contribution in [0.25, 0.3) is 10.9 Å². The third-order valence-corrected chi connectivity index (χ3v) is 6.89. The van der Waals surface area contributed by atoms with E-state index < -0.39 is 10.0 Å². The lowest BCUT2D eigenvalue weighted by atomic mass is 10.1. The normalized spacial score (nSPS) is 19.5. The molecule has 140 valence electrons. The van der Waals surface area contributed by atoms with Crippen molar-refractivity contribution in [1.29, 1.82) is 0 Å². The first-order valence-corrected chi connectivity index (χ1v) is 10.1. The smallest absolute Gasteiger partial charge is 0.244 e. The zero-order valence-corrected chi connectivity index (χ0v) is 15.9. The molecule has 1 unspecified atom stereocenters. The van der Waals surface area contributed by atoms with E-state index in [4.69, 9.17) is 5.73 Å². The van der Waals surface area contributed by atoms with Crippen molar-refractivity contribution in [2.45, 2.75) is 31.2 Å². The average molecular weight is 376 g/mol. The highest BCUT2D eigenvalue weighted by molar-refractivity contribution is 7.89. The first kappa shape index (κ1) is 18.8. The number of hydrogen-bond donors (Lipinski definition) is 1. The van der Waals surface area contributed by atoms with Gasteiger partial charge in [0.05, 0.1) is 17.0 Å². The number of sulfonamides is 1. The van der Waals surface area contributed by atoms with Gasteiger partial charge in [-0.2, -0.15) is 4.31 Å². The Morgan fingerprint density at radius 1 is 1.31 bits per heavy atom. The number of aryl methyl sites for hydroxylation is 1. The Balaban J connectivity index is 2.02. The number of nitrogens with zero attached hydrogens (tertiary/aromatic N) is 3. The highest BCUT2D eigenvalue weighted by atomic mass is 32.2. The maximum absolute atomic E-state index is 13.4. The summed E-state index contributed by atoms with van der Waals surface area (Å²) in [5.74, 6) is -0.152. The van der Waals surface area contributed by atoms with Crippen molar-refractivity contribution in [2.75, 3.05) is 26.2 Å². The number of nitrogens with two attached hydrogens (primary N) is 1. The molecule has 2 N–H and O–H groups in total. The fourth-order valence-corrected chi connectivity index (χ4v) is 5.47. The van der Waals surface area contributed by atoms with Gasteiger partial charge in [0.15, 0.2) is 0 Å². The minimum atomic E-state index is -3.72. The van der Waals surface area contributed by atoms with E-state index in [9.17, 15) is 13.2 Å². The van der Waals surface area contributed by atoms with Gasteiger partial charge in [-0.3, -0.25) is 9.78 Å². The first-order valence-electron chi connectivity index (χ1n) is 8.70. The van der Waals surface area contributed by atoms with E-state index >= 15 is 0 Å². The summed E-state index contributed by atoms with van der Waals surface area (Å²) in [6.07, 6.45) is 2.26. The van der Waals surface area contributed by atoms with Crippen LogP contribution in [0.2, 0.25) is 0 Å². The molecule has 1 amide bonds. The lowest BCUT2D eigenvalue weighted by molar-refractivity contribution is -0.129. The molecule has 7 nitrogen and oxygen atoms in total. The zero-order chi connectivity index (χ0) is 18.9. The zero-order valence-electron chi connectivity index (χ0n) is 15.1. The van der Waals surface area contributed by atoms with Crippen LogP contribution < -0.4 is 5.73 Å². The number of hydrogen-bond acceptors (Lipinski definition) is 5. The van der Waals surface area contributed by atoms with E-state index in [0.717, 1.165) is 5.56 Å². The molecule has 0 bridgehead atoms. The molecule has 1 fully saturated rings. The van der Waals surface area contributed by atoms with Crippen LogP contribution in [0.15, 0.2) is 35.4 Å². The molecule has 26 heavy (non-hydrogen) atoms. The third-order valence-electron chi connectivity index (χ3n) is 4.83. The van der Waals surface area contributed by atoms with Crippen LogP contribution in [0.3, 0.4) is 0 Å². The summed E-state index contributed by atoms with van der Waals surface area (Å²) in [5, 5.41) is 0.654. The molecular formula is C18H24N4O3S. The van der Waals surface area contributed by atoms with Crippen LogP contribution in [-0.2, 0) is 14.8 Å². The second kappa shape index (κ2) is 7.30. The van der Waals surface area contributed by atoms with Crippen LogP contribution in [0, 0.1) is 6.92 Å². The van der Waals surface area contributed by atoms with Crippen LogP contribution in [0.4, 0.5) is 0 Å². The van der Waals surface area contributed by atoms with Crippen molar-refractivity contribution in [3.05, 3.63) is 36.0 Å². The Hall–Kier alpha value is -2.03. The summed E-state index contributed by atoms with van der Waals surface area (Å²) in [6.45, 7) is 4.88. The Kier molecular flexibility index (Phi) is 5.27. The number of benzene rings is 1. The Morgan fingerprint density at radius 3 is 2.81 bits per heavy atom. The molecule has 1 aromatic heterocycles. The number of aromatic nitrogens is 1. The summed E-state index contributed by atoms with van der Waals surface area (Å²) in [7, 11) is -3.72. The molecule has 1 atom stereocenters. The van der Waals surface area contributed by atoms with Crippen molar-refractivity contribution in [1.82, 2.24) is 14.2 Å². The van der Waals surface area contributed by atoms with Gasteiger partial charge in [-0.15, -0.1) is 0 Å². The van der Waals surface area contributed by atoms with E-state index in [2.05, 4.69) is 4.98 Å². The molecule has 0 aliphatic carbocycles. The van der Waals surface area contributed by atoms with E-state index in [1.54, 1.807) is 23.2 Å². The second-order valence-corrected chi connectivity index (χ2v) is 8.50. The minimum Gasteiger partial charge on any atom is -0.340 e. The highest BCUT2D eigenvalue weighted by Gasteiger charge is 2.34. The maximum Gasteiger partial charge on any atom is 0.244 e. The number of rotatable bonds is 3. The molecular weight excluding hydrogens is 352 g/mol. The summed E-state index contributed by atoms with van der Waals surface area (Å²) in [5.41, 5.74) is 6.99. The van der Waals surface area contributed by atoms with Gasteiger partial charge in [0, 0.05) is 37.3 Å². The van der Waals surface area contributed by atoms with Gasteiger partial charge < -0.3 is 10.6 Å². The van der Waals surface area contributed by atoms with Crippen molar-refractivity contribution in [3.63, 3.8) is 0 Å². The number of fused-ring (bicyclic) bond motifs is 1. The monoisotopic (exact) mass is 376 g/mol. The van der Waals surface area contributed by atoms with Crippen LogP contribution >= 0.6 is 0 Å². The summed E-state index contributed by atoms with van der Waals surface area (Å²) < 4.78 is 28.4. The standard InChI is InChI=1S/C18H24N4O3S/c1-13-7-8-20-15-5-3-6-16(18(13)15)26(24,25)22-10-4-9-21(12-14(22)2)17(23)11-19/h3,5-8,14H,4,9-12,19H2,1-2H3. The van der Waals surface area contributed by atoms with E-state index in [-0.39, 0.29) is 23.4 Å². The topological polar surface area (TPSA) is 96.6 Å². The molecule has 1 aromatic carbocycles. The van der Waals surface area contributed by atoms with Gasteiger partial charge in [0.1, 0.15) is 0 Å². The van der Waals surface area contributed by atoms with Gasteiger partial charge >= 0.3 is 0 Å². The SMILES string of the molecule is Cc1ccnc2cccc(S(=O)(=O)N3CCCN(C(=O)CN)CC3C)c12. The number of amides is 1. The average Bonchev–Trinajstić information content (AvgIpc) is 2.83. The van der Waals surface area contributed by atoms with Crippen molar-refractivity contribution >= 4 is 26.8 Å². The largest absolute Gasteiger partial charge is 0.340 e. The fourth-order valence-electron chi connectivity index (χ4n) is 3.53. The van der Waals surface area contributed by atoms with E-state index in [1.807, 2.05) is 26.0 Å². The summed E-state index contributed by atoms with van der Waals surface area (Å²) >= 11 is 0. The molecule has 2 aromatic rings. The molecule has 0 spiro atoms. The molecule has 3 rings (SSSR count). The molecule has 1 saturated heterocycles. The summed E-state index contributed by atoms with van der Waals surface area (Å²) in [4.78, 5) is 18.1. The molecule has 0 saturated carbocycles. The maximum atomic E-state index is 13.4. The Morgan fingerprint density at radius 2 is 2.08 bits per heavy atom. The van der Waals surface area contributed by atoms with Gasteiger partial charge in [-0.25, -0.2) is 8.42 Å². The van der Waals surface area contributed by atoms with Crippen LogP contribution in [-0.4, -0.2) is 60.7 Å². The van der Waals surface area contributed by atoms with E-state index in [0.29, 0.717) is 37.0 Å². The van der Waals surface area contributed by atoms with Crippen molar-refractivity contribution in [3.8, 4) is 0 Å². The summed E-state index contributed by atoms with van der Waals surface area (Å²) in [6, 6.07) is 6.65. The lowest BCUT2D eigenvalue weighted by Crippen LogP contribution is -2.45. The highest BCUT2D eigenvalue weighted by Crippen LogP contribution is 2.29. The van der Waals surface area contributed by atoms with Crippen molar-refractivity contribution < 1.29 is 13.2 Å². The lowest BCUT2D eigenvalue weighted by Gasteiger charge is -2.28. The third kappa shape index (κ3) is 3.32. The Labute approximate surface area is 153 Å². The Bertz CT molecular complexity index is 924. The first-order chi connectivity index (χ1) is 12.4. The molecule has 1 aliphatic rings. The van der Waals surface area contributed by atoms with Crippen LogP contribution in [0.1, 0.15) is 18.9 Å². The predicted molar refractivity (Wildman–Crippen MR) is 100 cm³/mol. The fraction of sp³-hybridized carbons (Fsp3) is 0.444. The quantitative estimate of drug-likeness (QED) is 0.866. The molecule has 1 aliphatic heterocycles. The van der Waals surface area contributed by atoms with Crippen molar-refractivity contribution in [2.24, 2.45) is 5.73 Å². The minimum absolute atomic E-state index is 0.0618. The number of carbonyl (C=O) groups is 1. The predicted octanol–water partition coefficient (Wildman–Crippen LogP) is 1.11.